The van der Waals surface area contributed by atoms with Crippen molar-refractivity contribution in [1.82, 2.24) is 4.90 Å². The molecule has 14 heavy (non-hydrogen) atoms. The van der Waals surface area contributed by atoms with Gasteiger partial charge in [0.25, 0.3) is 0 Å². The zero-order valence-corrected chi connectivity index (χ0v) is 10.7. The SMILES string of the molecule is CCOC(=O)CN(C(=S)S)C(C)(C)C. The molecule has 0 saturated carbocycles. The number of thiol groups is 1. The van der Waals surface area contributed by atoms with E-state index in [2.05, 4.69) is 12.6 Å². The highest BCUT2D eigenvalue weighted by atomic mass is 32.1. The van der Waals surface area contributed by atoms with Gasteiger partial charge in [-0.15, -0.1) is 12.6 Å². The molecule has 0 atom stereocenters. The van der Waals surface area contributed by atoms with E-state index >= 15 is 0 Å². The second-order valence-corrected chi connectivity index (χ2v) is 4.96. The molecule has 0 aromatic heterocycles. The van der Waals surface area contributed by atoms with Gasteiger partial charge in [-0.1, -0.05) is 12.2 Å². The molecule has 0 amide bonds. The lowest BCUT2D eigenvalue weighted by molar-refractivity contribution is -0.144. The molecular weight excluding hydrogens is 218 g/mol. The fourth-order valence-electron chi connectivity index (χ4n) is 0.927. The summed E-state index contributed by atoms with van der Waals surface area (Å²) in [7, 11) is 0. The highest BCUT2D eigenvalue weighted by molar-refractivity contribution is 8.10. The van der Waals surface area contributed by atoms with Gasteiger partial charge in [-0.05, 0) is 27.7 Å². The van der Waals surface area contributed by atoms with Gasteiger partial charge in [-0.2, -0.15) is 0 Å². The molecule has 0 unspecified atom stereocenters. The summed E-state index contributed by atoms with van der Waals surface area (Å²) in [6.45, 7) is 8.21. The van der Waals surface area contributed by atoms with Gasteiger partial charge >= 0.3 is 5.97 Å². The Morgan fingerprint density at radius 2 is 2.00 bits per heavy atom. The maximum atomic E-state index is 11.2. The quantitative estimate of drug-likeness (QED) is 0.459. The minimum atomic E-state index is -0.279. The average molecular weight is 235 g/mol. The summed E-state index contributed by atoms with van der Waals surface area (Å²) >= 11 is 9.03. The van der Waals surface area contributed by atoms with Crippen LogP contribution >= 0.6 is 24.8 Å². The first-order valence-electron chi connectivity index (χ1n) is 4.45. The zero-order chi connectivity index (χ0) is 11.4. The van der Waals surface area contributed by atoms with Crippen molar-refractivity contribution in [3.05, 3.63) is 0 Å². The van der Waals surface area contributed by atoms with Crippen LogP contribution in [-0.2, 0) is 9.53 Å². The first-order chi connectivity index (χ1) is 6.29. The maximum absolute atomic E-state index is 11.2. The lowest BCUT2D eigenvalue weighted by Crippen LogP contribution is -2.46. The van der Waals surface area contributed by atoms with Crippen molar-refractivity contribution in [1.29, 1.82) is 0 Å². The minimum absolute atomic E-state index is 0.152. The number of nitrogens with zero attached hydrogens (tertiary/aromatic N) is 1. The second kappa shape index (κ2) is 5.56. The largest absolute Gasteiger partial charge is 0.465 e. The number of ether oxygens (including phenoxy) is 1. The molecule has 0 saturated heterocycles. The predicted octanol–water partition coefficient (Wildman–Crippen LogP) is 1.86. The topological polar surface area (TPSA) is 29.5 Å². The van der Waals surface area contributed by atoms with Crippen LogP contribution in [0, 0.1) is 0 Å². The third-order valence-corrected chi connectivity index (χ3v) is 2.10. The third kappa shape index (κ3) is 4.81. The van der Waals surface area contributed by atoms with Crippen molar-refractivity contribution in [3.63, 3.8) is 0 Å². The van der Waals surface area contributed by atoms with E-state index in [1.165, 1.54) is 0 Å². The summed E-state index contributed by atoms with van der Waals surface area (Å²) in [5.74, 6) is -0.279. The van der Waals surface area contributed by atoms with Gasteiger partial charge in [0.15, 0.2) is 0 Å². The first-order valence-corrected chi connectivity index (χ1v) is 5.30. The molecule has 0 fully saturated rings. The van der Waals surface area contributed by atoms with E-state index in [4.69, 9.17) is 17.0 Å². The Balaban J connectivity index is 4.40. The van der Waals surface area contributed by atoms with E-state index in [-0.39, 0.29) is 18.1 Å². The number of thiocarbonyl (C=S) groups is 1. The van der Waals surface area contributed by atoms with Gasteiger partial charge < -0.3 is 9.64 Å². The highest BCUT2D eigenvalue weighted by Gasteiger charge is 2.24. The van der Waals surface area contributed by atoms with Crippen LogP contribution in [0.1, 0.15) is 27.7 Å². The maximum Gasteiger partial charge on any atom is 0.325 e. The molecule has 0 rings (SSSR count). The average Bonchev–Trinajstić information content (AvgIpc) is 1.98. The minimum Gasteiger partial charge on any atom is -0.465 e. The third-order valence-electron chi connectivity index (χ3n) is 1.63. The smallest absolute Gasteiger partial charge is 0.325 e. The molecule has 0 aromatic carbocycles. The fraction of sp³-hybridized carbons (Fsp3) is 0.778. The van der Waals surface area contributed by atoms with Crippen molar-refractivity contribution in [2.24, 2.45) is 0 Å². The lowest BCUT2D eigenvalue weighted by atomic mass is 10.1. The molecule has 82 valence electrons. The summed E-state index contributed by atoms with van der Waals surface area (Å²) in [5.41, 5.74) is -0.217. The van der Waals surface area contributed by atoms with Crippen LogP contribution in [0.15, 0.2) is 0 Å². The molecule has 0 N–H and O–H groups in total. The number of hydrogen-bond acceptors (Lipinski definition) is 3. The summed E-state index contributed by atoms with van der Waals surface area (Å²) < 4.78 is 5.25. The Morgan fingerprint density at radius 1 is 1.50 bits per heavy atom. The normalized spacial score (nSPS) is 10.9. The second-order valence-electron chi connectivity index (χ2n) is 3.84. The van der Waals surface area contributed by atoms with Gasteiger partial charge in [0.2, 0.25) is 0 Å². The van der Waals surface area contributed by atoms with E-state index in [0.717, 1.165) is 0 Å². The molecule has 0 aliphatic carbocycles. The van der Waals surface area contributed by atoms with Crippen LogP contribution in [0.4, 0.5) is 0 Å². The molecule has 0 aromatic rings. The van der Waals surface area contributed by atoms with Gasteiger partial charge in [-0.25, -0.2) is 0 Å². The van der Waals surface area contributed by atoms with Crippen molar-refractivity contribution in [3.8, 4) is 0 Å². The number of esters is 1. The number of carbonyl (C=O) groups excluding carboxylic acids is 1. The molecule has 0 spiro atoms. The van der Waals surface area contributed by atoms with Crippen LogP contribution in [0.5, 0.6) is 0 Å². The van der Waals surface area contributed by atoms with Crippen LogP contribution in [-0.4, -0.2) is 33.9 Å². The fourth-order valence-corrected chi connectivity index (χ4v) is 1.64. The van der Waals surface area contributed by atoms with Gasteiger partial charge in [-0.3, -0.25) is 4.79 Å². The van der Waals surface area contributed by atoms with E-state index in [0.29, 0.717) is 10.9 Å². The first kappa shape index (κ1) is 13.7. The van der Waals surface area contributed by atoms with Gasteiger partial charge in [0, 0.05) is 5.54 Å². The Bertz CT molecular complexity index is 223. The zero-order valence-electron chi connectivity index (χ0n) is 9.03. The molecule has 0 radical (unpaired) electrons. The van der Waals surface area contributed by atoms with Crippen molar-refractivity contribution >= 4 is 35.1 Å². The van der Waals surface area contributed by atoms with Crippen LogP contribution in [0.2, 0.25) is 0 Å². The summed E-state index contributed by atoms with van der Waals surface area (Å²) in [4.78, 5) is 13.0. The van der Waals surface area contributed by atoms with E-state index in [9.17, 15) is 4.79 Å². The van der Waals surface area contributed by atoms with Gasteiger partial charge in [0.1, 0.15) is 10.9 Å². The molecule has 0 bridgehead atoms. The van der Waals surface area contributed by atoms with E-state index in [1.807, 2.05) is 20.8 Å². The summed E-state index contributed by atoms with van der Waals surface area (Å²) in [6.07, 6.45) is 0. The number of rotatable bonds is 3. The predicted molar refractivity (Wildman–Crippen MR) is 64.7 cm³/mol. The van der Waals surface area contributed by atoms with Crippen LogP contribution < -0.4 is 0 Å². The van der Waals surface area contributed by atoms with Crippen LogP contribution in [0.25, 0.3) is 0 Å². The van der Waals surface area contributed by atoms with Gasteiger partial charge in [0.05, 0.1) is 6.61 Å². The number of hydrogen-bond donors (Lipinski definition) is 1. The summed E-state index contributed by atoms with van der Waals surface area (Å²) in [6, 6.07) is 0. The standard InChI is InChI=1S/C9H17NO2S2/c1-5-12-7(11)6-10(8(13)14)9(2,3)4/h5-6H2,1-4H3,(H,13,14). The molecule has 0 heterocycles. The van der Waals surface area contributed by atoms with Crippen molar-refractivity contribution in [2.45, 2.75) is 33.2 Å². The number of carbonyl (C=O) groups is 1. The Kier molecular flexibility index (Phi) is 5.44. The lowest BCUT2D eigenvalue weighted by Gasteiger charge is -2.35. The molecular formula is C9H17NO2S2. The molecule has 0 aliphatic heterocycles. The Hall–Kier alpha value is -0.290. The monoisotopic (exact) mass is 235 g/mol. The molecule has 0 aliphatic rings. The van der Waals surface area contributed by atoms with E-state index < -0.39 is 0 Å². The van der Waals surface area contributed by atoms with E-state index in [1.54, 1.807) is 11.8 Å². The van der Waals surface area contributed by atoms with Crippen molar-refractivity contribution < 1.29 is 9.53 Å². The Morgan fingerprint density at radius 3 is 2.29 bits per heavy atom. The highest BCUT2D eigenvalue weighted by Crippen LogP contribution is 2.15. The molecule has 5 heteroatoms. The Labute approximate surface area is 96.2 Å². The van der Waals surface area contributed by atoms with Crippen LogP contribution in [0.3, 0.4) is 0 Å². The molecule has 3 nitrogen and oxygen atoms in total. The van der Waals surface area contributed by atoms with Crippen molar-refractivity contribution in [2.75, 3.05) is 13.2 Å². The summed E-state index contributed by atoms with van der Waals surface area (Å²) in [5, 5.41) is 0.